The molecule has 0 spiro atoms. The number of nitrogens with one attached hydrogen (secondary N) is 1. The molecule has 0 saturated carbocycles. The van der Waals surface area contributed by atoms with Crippen LogP contribution in [-0.2, 0) is 11.0 Å². The minimum absolute atomic E-state index is 0.285. The molecule has 0 saturated heterocycles. The number of amides is 1. The van der Waals surface area contributed by atoms with Crippen LogP contribution >= 0.6 is 23.4 Å². The topological polar surface area (TPSA) is 29.1 Å². The standard InChI is InChI=1S/C17H15ClF3NOS/c1-10-3-5-12(6-4-10)22-16(23)11(2)24-13-7-8-15(18)14(9-13)17(19,20)21/h3-9,11H,1-2H3,(H,22,23)/t11-/m1/s1. The van der Waals surface area contributed by atoms with Crippen molar-refractivity contribution in [3.05, 3.63) is 58.6 Å². The molecule has 0 heterocycles. The van der Waals surface area contributed by atoms with Gasteiger partial charge in [0.2, 0.25) is 5.91 Å². The van der Waals surface area contributed by atoms with Crippen LogP contribution in [0.15, 0.2) is 47.4 Å². The molecule has 24 heavy (non-hydrogen) atoms. The lowest BCUT2D eigenvalue weighted by molar-refractivity contribution is -0.137. The van der Waals surface area contributed by atoms with Crippen LogP contribution in [0.5, 0.6) is 0 Å². The third-order valence-corrected chi connectivity index (χ3v) is 4.67. The molecule has 2 rings (SSSR count). The van der Waals surface area contributed by atoms with Crippen LogP contribution in [0.3, 0.4) is 0 Å². The lowest BCUT2D eigenvalue weighted by Gasteiger charge is -2.14. The van der Waals surface area contributed by atoms with E-state index in [1.165, 1.54) is 12.1 Å². The number of halogens is 4. The molecule has 2 aromatic carbocycles. The van der Waals surface area contributed by atoms with Crippen LogP contribution in [0.4, 0.5) is 18.9 Å². The Morgan fingerprint density at radius 1 is 1.17 bits per heavy atom. The Morgan fingerprint density at radius 2 is 1.79 bits per heavy atom. The van der Waals surface area contributed by atoms with Crippen molar-refractivity contribution in [2.45, 2.75) is 30.2 Å². The molecule has 2 aromatic rings. The monoisotopic (exact) mass is 373 g/mol. The van der Waals surface area contributed by atoms with E-state index in [9.17, 15) is 18.0 Å². The molecule has 0 aliphatic carbocycles. The molecule has 1 amide bonds. The number of alkyl halides is 3. The van der Waals surface area contributed by atoms with E-state index in [2.05, 4.69) is 5.32 Å². The fraction of sp³-hybridized carbons (Fsp3) is 0.235. The fourth-order valence-corrected chi connectivity index (χ4v) is 3.06. The van der Waals surface area contributed by atoms with Gasteiger partial charge in [0.05, 0.1) is 15.8 Å². The van der Waals surface area contributed by atoms with Crippen LogP contribution in [-0.4, -0.2) is 11.2 Å². The summed E-state index contributed by atoms with van der Waals surface area (Å²) in [6.07, 6.45) is -4.53. The lowest BCUT2D eigenvalue weighted by Crippen LogP contribution is -2.22. The van der Waals surface area contributed by atoms with Crippen molar-refractivity contribution in [3.63, 3.8) is 0 Å². The molecular weight excluding hydrogens is 359 g/mol. The van der Waals surface area contributed by atoms with E-state index in [-0.39, 0.29) is 10.9 Å². The van der Waals surface area contributed by atoms with E-state index in [1.807, 2.05) is 19.1 Å². The van der Waals surface area contributed by atoms with Crippen molar-refractivity contribution in [1.82, 2.24) is 0 Å². The highest BCUT2D eigenvalue weighted by atomic mass is 35.5. The van der Waals surface area contributed by atoms with Gasteiger partial charge in [0.25, 0.3) is 0 Å². The van der Waals surface area contributed by atoms with Crippen molar-refractivity contribution in [2.24, 2.45) is 0 Å². The molecular formula is C17H15ClF3NOS. The first-order valence-electron chi connectivity index (χ1n) is 7.08. The number of carbonyl (C=O) groups excluding carboxylic acids is 1. The highest BCUT2D eigenvalue weighted by Gasteiger charge is 2.33. The molecule has 2 nitrogen and oxygen atoms in total. The first-order chi connectivity index (χ1) is 11.2. The van der Waals surface area contributed by atoms with E-state index in [1.54, 1.807) is 19.1 Å². The second-order valence-electron chi connectivity index (χ2n) is 5.25. The fourth-order valence-electron chi connectivity index (χ4n) is 1.93. The van der Waals surface area contributed by atoms with Crippen LogP contribution in [0.25, 0.3) is 0 Å². The molecule has 7 heteroatoms. The smallest absolute Gasteiger partial charge is 0.325 e. The molecule has 1 atom stereocenters. The average Bonchev–Trinajstić information content (AvgIpc) is 2.50. The quantitative estimate of drug-likeness (QED) is 0.687. The van der Waals surface area contributed by atoms with Crippen LogP contribution < -0.4 is 5.32 Å². The van der Waals surface area contributed by atoms with Gasteiger partial charge in [-0.3, -0.25) is 4.79 Å². The van der Waals surface area contributed by atoms with E-state index in [0.717, 1.165) is 23.4 Å². The lowest BCUT2D eigenvalue weighted by atomic mass is 10.2. The van der Waals surface area contributed by atoms with Crippen molar-refractivity contribution < 1.29 is 18.0 Å². The second kappa shape index (κ2) is 7.49. The maximum atomic E-state index is 12.9. The summed E-state index contributed by atoms with van der Waals surface area (Å²) in [6, 6.07) is 10.9. The van der Waals surface area contributed by atoms with Crippen LogP contribution in [0.1, 0.15) is 18.1 Å². The Labute approximate surface area is 147 Å². The van der Waals surface area contributed by atoms with E-state index < -0.39 is 17.0 Å². The highest BCUT2D eigenvalue weighted by Crippen LogP contribution is 2.37. The van der Waals surface area contributed by atoms with Gasteiger partial charge in [0, 0.05) is 10.6 Å². The van der Waals surface area contributed by atoms with Crippen molar-refractivity contribution in [3.8, 4) is 0 Å². The third kappa shape index (κ3) is 4.92. The Balaban J connectivity index is 2.07. The van der Waals surface area contributed by atoms with Crippen molar-refractivity contribution in [1.29, 1.82) is 0 Å². The van der Waals surface area contributed by atoms with Crippen LogP contribution in [0, 0.1) is 6.92 Å². The van der Waals surface area contributed by atoms with E-state index in [4.69, 9.17) is 11.6 Å². The number of carbonyl (C=O) groups is 1. The first kappa shape index (κ1) is 18.7. The van der Waals surface area contributed by atoms with Gasteiger partial charge in [0.1, 0.15) is 0 Å². The predicted molar refractivity (Wildman–Crippen MR) is 91.6 cm³/mol. The summed E-state index contributed by atoms with van der Waals surface area (Å²) < 4.78 is 38.6. The first-order valence-corrected chi connectivity index (χ1v) is 8.33. The van der Waals surface area contributed by atoms with Gasteiger partial charge in [-0.2, -0.15) is 13.2 Å². The van der Waals surface area contributed by atoms with Crippen LogP contribution in [0.2, 0.25) is 5.02 Å². The normalized spacial score (nSPS) is 12.8. The summed E-state index contributed by atoms with van der Waals surface area (Å²) >= 11 is 6.63. The second-order valence-corrected chi connectivity index (χ2v) is 7.08. The summed E-state index contributed by atoms with van der Waals surface area (Å²) in [5.74, 6) is -0.285. The number of rotatable bonds is 4. The van der Waals surface area contributed by atoms with E-state index >= 15 is 0 Å². The molecule has 0 aromatic heterocycles. The summed E-state index contributed by atoms with van der Waals surface area (Å²) in [5, 5.41) is 1.82. The zero-order chi connectivity index (χ0) is 17.9. The van der Waals surface area contributed by atoms with Gasteiger partial charge < -0.3 is 5.32 Å². The Kier molecular flexibility index (Phi) is 5.83. The van der Waals surface area contributed by atoms with Gasteiger partial charge in [-0.05, 0) is 44.2 Å². The molecule has 0 aliphatic heterocycles. The molecule has 128 valence electrons. The zero-order valence-corrected chi connectivity index (χ0v) is 14.5. The van der Waals surface area contributed by atoms with Gasteiger partial charge in [-0.15, -0.1) is 11.8 Å². The third-order valence-electron chi connectivity index (χ3n) is 3.24. The summed E-state index contributed by atoms with van der Waals surface area (Å²) in [4.78, 5) is 12.5. The number of hydrogen-bond acceptors (Lipinski definition) is 2. The van der Waals surface area contributed by atoms with Crippen molar-refractivity contribution >= 4 is 35.0 Å². The largest absolute Gasteiger partial charge is 0.417 e. The minimum Gasteiger partial charge on any atom is -0.325 e. The van der Waals surface area contributed by atoms with Gasteiger partial charge in [0.15, 0.2) is 0 Å². The molecule has 0 unspecified atom stereocenters. The summed E-state index contributed by atoms with van der Waals surface area (Å²) in [5.41, 5.74) is 0.807. The number of aryl methyl sites for hydroxylation is 1. The number of hydrogen-bond donors (Lipinski definition) is 1. The molecule has 0 bridgehead atoms. The molecule has 1 N–H and O–H groups in total. The number of benzene rings is 2. The highest BCUT2D eigenvalue weighted by molar-refractivity contribution is 8.00. The summed E-state index contributed by atoms with van der Waals surface area (Å²) in [6.45, 7) is 3.57. The Bertz CT molecular complexity index is 732. The minimum atomic E-state index is -4.53. The Hall–Kier alpha value is -1.66. The molecule has 0 aliphatic rings. The SMILES string of the molecule is Cc1ccc(NC(=O)[C@@H](C)Sc2ccc(Cl)c(C(F)(F)F)c2)cc1. The zero-order valence-electron chi connectivity index (χ0n) is 12.9. The molecule has 0 radical (unpaired) electrons. The van der Waals surface area contributed by atoms with Gasteiger partial charge in [-0.25, -0.2) is 0 Å². The maximum absolute atomic E-state index is 12.9. The maximum Gasteiger partial charge on any atom is 0.417 e. The van der Waals surface area contributed by atoms with Crippen molar-refractivity contribution in [2.75, 3.05) is 5.32 Å². The van der Waals surface area contributed by atoms with Gasteiger partial charge >= 0.3 is 6.18 Å². The van der Waals surface area contributed by atoms with Gasteiger partial charge in [-0.1, -0.05) is 29.3 Å². The summed E-state index contributed by atoms with van der Waals surface area (Å²) in [7, 11) is 0. The average molecular weight is 374 g/mol. The van der Waals surface area contributed by atoms with E-state index in [0.29, 0.717) is 10.6 Å². The molecule has 0 fully saturated rings. The number of thioether (sulfide) groups is 1. The predicted octanol–water partition coefficient (Wildman–Crippen LogP) is 5.79. The Morgan fingerprint density at radius 3 is 2.38 bits per heavy atom. The number of anilines is 1.